The second-order valence-electron chi connectivity index (χ2n) is 6.02. The summed E-state index contributed by atoms with van der Waals surface area (Å²) in [6.07, 6.45) is -0.920. The first-order valence-electron chi connectivity index (χ1n) is 10.4. The van der Waals surface area contributed by atoms with Crippen LogP contribution in [0, 0.1) is 11.5 Å². The smallest absolute Gasteiger partial charge is 0.432 e. The molecule has 8 nitrogen and oxygen atoms in total. The number of methoxy groups -OCH3 is 1. The summed E-state index contributed by atoms with van der Waals surface area (Å²) in [5, 5.41) is 11.5. The molecule has 1 fully saturated rings. The summed E-state index contributed by atoms with van der Waals surface area (Å²) in [4.78, 5) is 17.5. The van der Waals surface area contributed by atoms with Gasteiger partial charge in [0.1, 0.15) is 5.75 Å². The van der Waals surface area contributed by atoms with Crippen molar-refractivity contribution in [3.05, 3.63) is 36.4 Å². The molecule has 0 saturated carbocycles. The van der Waals surface area contributed by atoms with E-state index in [2.05, 4.69) is 19.8 Å². The van der Waals surface area contributed by atoms with Gasteiger partial charge in [0.2, 0.25) is 0 Å². The fourth-order valence-electron chi connectivity index (χ4n) is 2.58. The zero-order valence-corrected chi connectivity index (χ0v) is 19.7. The Morgan fingerprint density at radius 2 is 1.91 bits per heavy atom. The molecule has 1 N–H and O–H groups in total. The number of hydrogen-bond donors (Lipinski definition) is 1. The Balaban J connectivity index is 0.00000132. The normalized spacial score (nSPS) is 14.3. The number of benzene rings is 1. The third-order valence-electron chi connectivity index (χ3n) is 3.72. The van der Waals surface area contributed by atoms with Crippen molar-refractivity contribution in [1.29, 1.82) is 5.26 Å². The molecule has 2 heterocycles. The largest absolute Gasteiger partial charge is 0.573 e. The van der Waals surface area contributed by atoms with Gasteiger partial charge in [0.25, 0.3) is 5.89 Å². The highest BCUT2D eigenvalue weighted by molar-refractivity contribution is 5.90. The van der Waals surface area contributed by atoms with E-state index in [4.69, 9.17) is 9.68 Å². The predicted molar refractivity (Wildman–Crippen MR) is 117 cm³/mol. The highest BCUT2D eigenvalue weighted by Gasteiger charge is 2.31. The van der Waals surface area contributed by atoms with Crippen LogP contribution < -0.4 is 10.1 Å². The van der Waals surface area contributed by atoms with Gasteiger partial charge in [-0.25, -0.2) is 4.98 Å². The lowest BCUT2D eigenvalue weighted by Gasteiger charge is -2.10. The maximum absolute atomic E-state index is 12.3. The molecule has 184 valence electrons. The van der Waals surface area contributed by atoms with Crippen LogP contribution in [0.25, 0.3) is 11.3 Å². The molecule has 1 aromatic carbocycles. The third kappa shape index (κ3) is 10.7. The van der Waals surface area contributed by atoms with Crippen molar-refractivity contribution in [3.8, 4) is 23.3 Å². The Kier molecular flexibility index (Phi) is 14.0. The van der Waals surface area contributed by atoms with Crippen LogP contribution in [0.3, 0.4) is 0 Å². The van der Waals surface area contributed by atoms with Crippen LogP contribution in [0.4, 0.5) is 13.2 Å². The molecule has 1 atom stereocenters. The van der Waals surface area contributed by atoms with Crippen molar-refractivity contribution in [2.75, 3.05) is 27.3 Å². The van der Waals surface area contributed by atoms with Crippen molar-refractivity contribution in [2.24, 2.45) is 0 Å². The number of amides is 1. The lowest BCUT2D eigenvalue weighted by atomic mass is 10.2. The quantitative estimate of drug-likeness (QED) is 0.636. The first-order chi connectivity index (χ1) is 15.8. The standard InChI is InChI=1S/C16H13F3N4O3.C2H6O.2C2H6/c17-16(18,19)26-12-3-1-2-10(6-12)13-7-21-15(25-13)14(24)22-11-4-5-23(8-11)9-20;1-3-2;2*1-2/h1-3,6-7,11H,4-5,8H2,(H,22,24);1-2H3;2*1-2H3. The van der Waals surface area contributed by atoms with Crippen molar-refractivity contribution >= 4 is 5.91 Å². The molecule has 0 radical (unpaired) electrons. The van der Waals surface area contributed by atoms with E-state index in [9.17, 15) is 18.0 Å². The zero-order valence-electron chi connectivity index (χ0n) is 19.7. The van der Waals surface area contributed by atoms with E-state index in [1.165, 1.54) is 23.2 Å². The van der Waals surface area contributed by atoms with Crippen LogP contribution in [0.15, 0.2) is 34.9 Å². The number of carbonyl (C=O) groups excluding carboxylic acids is 1. The second kappa shape index (κ2) is 15.5. The molecule has 1 aliphatic heterocycles. The first kappa shape index (κ1) is 29.7. The fourth-order valence-corrected chi connectivity index (χ4v) is 2.58. The Morgan fingerprint density at radius 1 is 1.27 bits per heavy atom. The van der Waals surface area contributed by atoms with Crippen LogP contribution in [-0.2, 0) is 4.74 Å². The van der Waals surface area contributed by atoms with Gasteiger partial charge < -0.3 is 24.1 Å². The molecule has 11 heteroatoms. The molecule has 0 aliphatic carbocycles. The van der Waals surface area contributed by atoms with Crippen LogP contribution >= 0.6 is 0 Å². The van der Waals surface area contributed by atoms with Gasteiger partial charge in [-0.3, -0.25) is 4.79 Å². The molecular weight excluding hydrogens is 441 g/mol. The first-order valence-corrected chi connectivity index (χ1v) is 10.4. The lowest BCUT2D eigenvalue weighted by molar-refractivity contribution is -0.274. The van der Waals surface area contributed by atoms with E-state index in [1.54, 1.807) is 14.2 Å². The minimum absolute atomic E-state index is 0.132. The van der Waals surface area contributed by atoms with E-state index in [1.807, 2.05) is 33.9 Å². The fraction of sp³-hybridized carbons (Fsp3) is 0.500. The van der Waals surface area contributed by atoms with Gasteiger partial charge in [-0.1, -0.05) is 39.8 Å². The van der Waals surface area contributed by atoms with Gasteiger partial charge in [0.05, 0.1) is 6.20 Å². The molecule has 0 bridgehead atoms. The highest BCUT2D eigenvalue weighted by Crippen LogP contribution is 2.28. The molecule has 2 aromatic rings. The van der Waals surface area contributed by atoms with Gasteiger partial charge >= 0.3 is 12.3 Å². The maximum atomic E-state index is 12.3. The minimum Gasteiger partial charge on any atom is -0.432 e. The predicted octanol–water partition coefficient (Wildman–Crippen LogP) is 4.84. The monoisotopic (exact) mass is 472 g/mol. The molecule has 33 heavy (non-hydrogen) atoms. The van der Waals surface area contributed by atoms with Gasteiger partial charge in [-0.2, -0.15) is 5.26 Å². The number of nitrogens with zero attached hydrogens (tertiary/aromatic N) is 3. The van der Waals surface area contributed by atoms with Crippen molar-refractivity contribution in [2.45, 2.75) is 46.5 Å². The molecule has 1 amide bonds. The van der Waals surface area contributed by atoms with Crippen molar-refractivity contribution < 1.29 is 31.9 Å². The second-order valence-corrected chi connectivity index (χ2v) is 6.02. The Labute approximate surface area is 192 Å². The third-order valence-corrected chi connectivity index (χ3v) is 3.72. The molecule has 0 spiro atoms. The maximum Gasteiger partial charge on any atom is 0.573 e. The van der Waals surface area contributed by atoms with E-state index in [0.717, 1.165) is 12.1 Å². The summed E-state index contributed by atoms with van der Waals surface area (Å²) in [6, 6.07) is 4.97. The molecule has 1 saturated heterocycles. The number of halogens is 3. The van der Waals surface area contributed by atoms with Crippen LogP contribution in [0.5, 0.6) is 5.75 Å². The van der Waals surface area contributed by atoms with E-state index < -0.39 is 18.0 Å². The Hall–Kier alpha value is -3.26. The topological polar surface area (TPSA) is 101 Å². The minimum atomic E-state index is -4.80. The summed E-state index contributed by atoms with van der Waals surface area (Å²) >= 11 is 0. The van der Waals surface area contributed by atoms with E-state index >= 15 is 0 Å². The summed E-state index contributed by atoms with van der Waals surface area (Å²) in [6.45, 7) is 8.97. The summed E-state index contributed by atoms with van der Waals surface area (Å²) in [7, 11) is 3.25. The number of rotatable bonds is 4. The molecular formula is C22H31F3N4O4. The Bertz CT molecular complexity index is 866. The number of nitriles is 1. The molecule has 1 aliphatic rings. The van der Waals surface area contributed by atoms with Gasteiger partial charge in [0, 0.05) is 38.9 Å². The van der Waals surface area contributed by atoms with E-state index in [-0.39, 0.29) is 23.3 Å². The number of alkyl halides is 3. The summed E-state index contributed by atoms with van der Waals surface area (Å²) < 4.78 is 50.3. The average molecular weight is 473 g/mol. The number of nitrogens with one attached hydrogen (secondary N) is 1. The van der Waals surface area contributed by atoms with Crippen LogP contribution in [0.2, 0.25) is 0 Å². The van der Waals surface area contributed by atoms with Gasteiger partial charge in [0.15, 0.2) is 12.0 Å². The summed E-state index contributed by atoms with van der Waals surface area (Å²) in [5.41, 5.74) is 0.287. The lowest BCUT2D eigenvalue weighted by Crippen LogP contribution is -2.36. The van der Waals surface area contributed by atoms with Crippen molar-refractivity contribution in [3.63, 3.8) is 0 Å². The Morgan fingerprint density at radius 3 is 2.45 bits per heavy atom. The summed E-state index contributed by atoms with van der Waals surface area (Å²) in [5.74, 6) is -1.03. The molecule has 3 rings (SSSR count). The number of carbonyl (C=O) groups is 1. The number of aromatic nitrogens is 1. The number of ether oxygens (including phenoxy) is 2. The average Bonchev–Trinajstić information content (AvgIpc) is 3.46. The number of hydrogen-bond acceptors (Lipinski definition) is 7. The van der Waals surface area contributed by atoms with Crippen LogP contribution in [0.1, 0.15) is 44.8 Å². The van der Waals surface area contributed by atoms with Gasteiger partial charge in [-0.05, 0) is 18.6 Å². The van der Waals surface area contributed by atoms with Crippen LogP contribution in [-0.4, -0.2) is 55.5 Å². The SMILES string of the molecule is CC.CC.COC.N#CN1CCC(NC(=O)c2ncc(-c3cccc(OC(F)(F)F)c3)o2)C1. The molecule has 1 unspecified atom stereocenters. The van der Waals surface area contributed by atoms with Gasteiger partial charge in [-0.15, -0.1) is 13.2 Å². The molecule has 1 aromatic heterocycles. The number of likely N-dealkylation sites (tertiary alicyclic amines) is 1. The highest BCUT2D eigenvalue weighted by atomic mass is 19.4. The van der Waals surface area contributed by atoms with Crippen molar-refractivity contribution in [1.82, 2.24) is 15.2 Å². The number of oxazole rings is 1. The zero-order chi connectivity index (χ0) is 25.4. The van der Waals surface area contributed by atoms with E-state index in [0.29, 0.717) is 19.5 Å².